The maximum atomic E-state index is 10.9. The van der Waals surface area contributed by atoms with Crippen LogP contribution in [-0.2, 0) is 18.9 Å². The minimum Gasteiger partial charge on any atom is -0.393 e. The lowest BCUT2D eigenvalue weighted by Crippen LogP contribution is -2.62. The molecule has 0 aromatic heterocycles. The van der Waals surface area contributed by atoms with E-state index in [2.05, 4.69) is 27.7 Å². The molecule has 0 bridgehead atoms. The second-order valence-electron chi connectivity index (χ2n) is 15.5. The zero-order chi connectivity index (χ0) is 28.2. The number of fused-ring (bicyclic) bond motifs is 7. The molecule has 7 aliphatic rings. The lowest BCUT2D eigenvalue weighted by Gasteiger charge is -2.63. The summed E-state index contributed by atoms with van der Waals surface area (Å²) in [7, 11) is 0. The summed E-state index contributed by atoms with van der Waals surface area (Å²) in [4.78, 5) is 0. The first kappa shape index (κ1) is 28.5. The van der Waals surface area contributed by atoms with Crippen LogP contribution in [0.4, 0.5) is 0 Å². The summed E-state index contributed by atoms with van der Waals surface area (Å²) in [6, 6.07) is 0. The van der Waals surface area contributed by atoms with Crippen molar-refractivity contribution in [3.8, 4) is 0 Å². The minimum atomic E-state index is -1.32. The van der Waals surface area contributed by atoms with Gasteiger partial charge in [-0.1, -0.05) is 27.7 Å². The van der Waals surface area contributed by atoms with Gasteiger partial charge >= 0.3 is 0 Å². The zero-order valence-corrected chi connectivity index (χ0v) is 24.8. The summed E-state index contributed by atoms with van der Waals surface area (Å²) >= 11 is 0. The van der Waals surface area contributed by atoms with Crippen molar-refractivity contribution >= 4 is 0 Å². The molecule has 3 aliphatic heterocycles. The summed E-state index contributed by atoms with van der Waals surface area (Å²) in [5, 5.41) is 41.8. The van der Waals surface area contributed by atoms with Gasteiger partial charge in [-0.25, -0.2) is 0 Å². The third-order valence-corrected chi connectivity index (χ3v) is 13.7. The summed E-state index contributed by atoms with van der Waals surface area (Å²) in [5.41, 5.74) is 0.0828. The van der Waals surface area contributed by atoms with Crippen LogP contribution in [0.5, 0.6) is 0 Å². The van der Waals surface area contributed by atoms with E-state index in [1.165, 1.54) is 19.3 Å². The topological polar surface area (TPSA) is 118 Å². The van der Waals surface area contributed by atoms with Gasteiger partial charge < -0.3 is 39.4 Å². The molecule has 4 N–H and O–H groups in total. The maximum Gasteiger partial charge on any atom is 0.186 e. The van der Waals surface area contributed by atoms with Crippen molar-refractivity contribution in [1.29, 1.82) is 0 Å². The molecule has 4 aliphatic carbocycles. The molecule has 4 saturated carbocycles. The van der Waals surface area contributed by atoms with Crippen molar-refractivity contribution in [3.63, 3.8) is 0 Å². The van der Waals surface area contributed by atoms with E-state index < -0.39 is 36.5 Å². The third-order valence-electron chi connectivity index (χ3n) is 13.7. The highest BCUT2D eigenvalue weighted by molar-refractivity contribution is 5.16. The van der Waals surface area contributed by atoms with Crippen molar-refractivity contribution < 1.29 is 39.4 Å². The monoisotopic (exact) mass is 564 g/mol. The van der Waals surface area contributed by atoms with Crippen molar-refractivity contribution in [3.05, 3.63) is 0 Å². The van der Waals surface area contributed by atoms with E-state index in [9.17, 15) is 20.4 Å². The Morgan fingerprint density at radius 3 is 2.38 bits per heavy atom. The van der Waals surface area contributed by atoms with Crippen LogP contribution in [0.1, 0.15) is 85.5 Å². The molecule has 8 heteroatoms. The van der Waals surface area contributed by atoms with Crippen LogP contribution in [0.15, 0.2) is 0 Å². The fourth-order valence-corrected chi connectivity index (χ4v) is 11.5. The number of ether oxygens (including phenoxy) is 4. The fraction of sp³-hybridized carbons (Fsp3) is 1.00. The SMILES string of the molecule is CC1CCC2(OC1)OC1CC3C4CCC5CC(O)CC(OC6OCC(O)C(O)C6O)C5(C)C4CCC3(C)C1C2C. The number of rotatable bonds is 2. The predicted octanol–water partition coefficient (Wildman–Crippen LogP) is 3.23. The van der Waals surface area contributed by atoms with Crippen LogP contribution in [0, 0.1) is 52.3 Å². The molecule has 3 saturated heterocycles. The van der Waals surface area contributed by atoms with E-state index in [0.29, 0.717) is 47.8 Å². The van der Waals surface area contributed by atoms with Gasteiger partial charge in [0.25, 0.3) is 0 Å². The second kappa shape index (κ2) is 9.85. The molecular formula is C32H52O8. The van der Waals surface area contributed by atoms with Crippen molar-refractivity contribution in [2.45, 2.75) is 134 Å². The highest BCUT2D eigenvalue weighted by Crippen LogP contribution is 2.71. The van der Waals surface area contributed by atoms with Crippen LogP contribution in [0.2, 0.25) is 0 Å². The Labute approximate surface area is 239 Å². The van der Waals surface area contributed by atoms with E-state index >= 15 is 0 Å². The smallest absolute Gasteiger partial charge is 0.186 e. The molecule has 17 unspecified atom stereocenters. The Morgan fingerprint density at radius 2 is 1.62 bits per heavy atom. The van der Waals surface area contributed by atoms with Gasteiger partial charge in [-0.2, -0.15) is 0 Å². The standard InChI is InChI=1S/C32H52O8/c1-16-7-10-32(38-14-16)17(2)26-24(40-32)13-22-20-6-5-18-11-19(33)12-25(31(18,4)21(20)8-9-30(22,26)3)39-29-28(36)27(35)23(34)15-37-29/h16-29,33-36H,5-15H2,1-4H3. The number of aliphatic hydroxyl groups excluding tert-OH is 4. The second-order valence-corrected chi connectivity index (χ2v) is 15.5. The molecule has 0 radical (unpaired) electrons. The summed E-state index contributed by atoms with van der Waals surface area (Å²) in [6.07, 6.45) is 3.96. The van der Waals surface area contributed by atoms with Crippen LogP contribution in [0.25, 0.3) is 0 Å². The lowest BCUT2D eigenvalue weighted by atomic mass is 9.43. The highest BCUT2D eigenvalue weighted by Gasteiger charge is 2.70. The Hall–Kier alpha value is -0.320. The molecule has 1 spiro atoms. The average molecular weight is 565 g/mol. The highest BCUT2D eigenvalue weighted by atomic mass is 16.7. The van der Waals surface area contributed by atoms with E-state index in [4.69, 9.17) is 18.9 Å². The first-order valence-corrected chi connectivity index (χ1v) is 16.3. The number of hydrogen-bond donors (Lipinski definition) is 4. The van der Waals surface area contributed by atoms with Crippen LogP contribution < -0.4 is 0 Å². The average Bonchev–Trinajstić information content (AvgIpc) is 3.36. The van der Waals surface area contributed by atoms with E-state index in [-0.39, 0.29) is 29.6 Å². The maximum absolute atomic E-state index is 10.9. The number of hydrogen-bond acceptors (Lipinski definition) is 8. The Kier molecular flexibility index (Phi) is 7.00. The summed E-state index contributed by atoms with van der Waals surface area (Å²) in [5.74, 6) is 3.13. The van der Waals surface area contributed by atoms with Crippen molar-refractivity contribution in [1.82, 2.24) is 0 Å². The lowest BCUT2D eigenvalue weighted by molar-refractivity contribution is -0.313. The molecule has 0 aromatic carbocycles. The molecular weight excluding hydrogens is 512 g/mol. The third kappa shape index (κ3) is 3.99. The van der Waals surface area contributed by atoms with E-state index in [1.807, 2.05) is 0 Å². The molecule has 7 fully saturated rings. The van der Waals surface area contributed by atoms with Crippen molar-refractivity contribution in [2.75, 3.05) is 13.2 Å². The Bertz CT molecular complexity index is 953. The number of aliphatic hydroxyl groups is 4. The normalized spacial score (nSPS) is 61.5. The molecule has 8 nitrogen and oxygen atoms in total. The summed E-state index contributed by atoms with van der Waals surface area (Å²) in [6.45, 7) is 10.3. The quantitative estimate of drug-likeness (QED) is 0.404. The van der Waals surface area contributed by atoms with E-state index in [0.717, 1.165) is 38.7 Å². The van der Waals surface area contributed by atoms with Gasteiger partial charge in [0.2, 0.25) is 0 Å². The molecule has 0 aromatic rings. The largest absolute Gasteiger partial charge is 0.393 e. The van der Waals surface area contributed by atoms with Crippen molar-refractivity contribution in [2.24, 2.45) is 52.3 Å². The zero-order valence-electron chi connectivity index (χ0n) is 24.8. The van der Waals surface area contributed by atoms with E-state index in [1.54, 1.807) is 0 Å². The predicted molar refractivity (Wildman–Crippen MR) is 146 cm³/mol. The van der Waals surface area contributed by atoms with Crippen LogP contribution >= 0.6 is 0 Å². The molecule has 0 amide bonds. The fourth-order valence-electron chi connectivity index (χ4n) is 11.5. The van der Waals surface area contributed by atoms with Gasteiger partial charge in [-0.3, -0.25) is 0 Å². The van der Waals surface area contributed by atoms with Crippen LogP contribution in [0.3, 0.4) is 0 Å². The molecule has 17 atom stereocenters. The van der Waals surface area contributed by atoms with Gasteiger partial charge in [0.05, 0.1) is 31.5 Å². The summed E-state index contributed by atoms with van der Waals surface area (Å²) < 4.78 is 25.6. The van der Waals surface area contributed by atoms with Gasteiger partial charge in [0, 0.05) is 18.8 Å². The first-order chi connectivity index (χ1) is 19.0. The van der Waals surface area contributed by atoms with Crippen LogP contribution in [-0.4, -0.2) is 82.3 Å². The molecule has 40 heavy (non-hydrogen) atoms. The van der Waals surface area contributed by atoms with Gasteiger partial charge in [-0.05, 0) is 91.3 Å². The molecule has 228 valence electrons. The Balaban J connectivity index is 1.14. The first-order valence-electron chi connectivity index (χ1n) is 16.3. The minimum absolute atomic E-state index is 0.0735. The Morgan fingerprint density at radius 1 is 0.825 bits per heavy atom. The molecule has 3 heterocycles. The van der Waals surface area contributed by atoms with Gasteiger partial charge in [0.1, 0.15) is 18.3 Å². The molecule has 7 rings (SSSR count). The van der Waals surface area contributed by atoms with Gasteiger partial charge in [0.15, 0.2) is 12.1 Å². The van der Waals surface area contributed by atoms with Gasteiger partial charge in [-0.15, -0.1) is 0 Å².